The van der Waals surface area contributed by atoms with Crippen molar-refractivity contribution in [2.75, 3.05) is 0 Å². The summed E-state index contributed by atoms with van der Waals surface area (Å²) in [7, 11) is 0. The van der Waals surface area contributed by atoms with Crippen LogP contribution in [-0.2, 0) is 4.79 Å². The molecule has 0 bridgehead atoms. The van der Waals surface area contributed by atoms with Crippen LogP contribution >= 0.6 is 0 Å². The first kappa shape index (κ1) is 11.5. The highest BCUT2D eigenvalue weighted by Crippen LogP contribution is 1.88. The van der Waals surface area contributed by atoms with Gasteiger partial charge in [-0.3, -0.25) is 0 Å². The van der Waals surface area contributed by atoms with E-state index in [2.05, 4.69) is 13.8 Å². The molecule has 0 aromatic rings. The molecule has 0 saturated carbocycles. The Morgan fingerprint density at radius 2 is 1.33 bits per heavy atom. The van der Waals surface area contributed by atoms with E-state index in [0.717, 1.165) is 0 Å². The monoisotopic (exact) mass is 130 g/mol. The van der Waals surface area contributed by atoms with E-state index in [4.69, 9.17) is 0 Å². The Bertz CT molecular complexity index is 51.6. The molecule has 0 spiro atoms. The lowest BCUT2D eigenvalue weighted by atomic mass is 10.3. The zero-order chi connectivity index (χ0) is 7.70. The van der Waals surface area contributed by atoms with Crippen LogP contribution in [0.1, 0.15) is 47.0 Å². The normalized spacial score (nSPS) is 7.56. The molecule has 0 aromatic heterocycles. The van der Waals surface area contributed by atoms with Crippen LogP contribution in [0.15, 0.2) is 0 Å². The zero-order valence-corrected chi connectivity index (χ0v) is 7.03. The van der Waals surface area contributed by atoms with Crippen molar-refractivity contribution >= 4 is 5.78 Å². The third kappa shape index (κ3) is 88.4. The Hall–Kier alpha value is -0.330. The lowest BCUT2D eigenvalue weighted by Gasteiger charge is -1.79. The van der Waals surface area contributed by atoms with Crippen LogP contribution < -0.4 is 0 Å². The van der Waals surface area contributed by atoms with Crippen LogP contribution in [0.3, 0.4) is 0 Å². The fourth-order valence-electron chi connectivity index (χ4n) is 0.354. The van der Waals surface area contributed by atoms with Crippen LogP contribution in [0.5, 0.6) is 0 Å². The van der Waals surface area contributed by atoms with Gasteiger partial charge in [0.2, 0.25) is 0 Å². The number of hydrogen-bond donors (Lipinski definition) is 0. The number of carbonyl (C=O) groups excluding carboxylic acids is 1. The predicted octanol–water partition coefficient (Wildman–Crippen LogP) is 2.79. The summed E-state index contributed by atoms with van der Waals surface area (Å²) in [6, 6.07) is 0. The lowest BCUT2D eigenvalue weighted by molar-refractivity contribution is -0.114. The molecule has 0 aliphatic rings. The van der Waals surface area contributed by atoms with Gasteiger partial charge in [-0.2, -0.15) is 0 Å². The van der Waals surface area contributed by atoms with Crippen LogP contribution in [0.25, 0.3) is 0 Å². The minimum Gasteiger partial charge on any atom is -0.300 e. The molecule has 0 saturated heterocycles. The van der Waals surface area contributed by atoms with Crippen LogP contribution in [0.2, 0.25) is 0 Å². The largest absolute Gasteiger partial charge is 0.300 e. The van der Waals surface area contributed by atoms with Gasteiger partial charge in [-0.1, -0.05) is 33.1 Å². The van der Waals surface area contributed by atoms with Gasteiger partial charge >= 0.3 is 0 Å². The van der Waals surface area contributed by atoms with E-state index in [1.165, 1.54) is 33.1 Å². The van der Waals surface area contributed by atoms with Crippen molar-refractivity contribution in [3.63, 3.8) is 0 Å². The van der Waals surface area contributed by atoms with Crippen molar-refractivity contribution < 1.29 is 4.79 Å². The molecule has 0 unspecified atom stereocenters. The van der Waals surface area contributed by atoms with Crippen molar-refractivity contribution in [1.29, 1.82) is 0 Å². The predicted molar refractivity (Wildman–Crippen MR) is 41.6 cm³/mol. The van der Waals surface area contributed by atoms with Crippen molar-refractivity contribution in [3.05, 3.63) is 0 Å². The first-order valence-corrected chi connectivity index (χ1v) is 3.62. The summed E-state index contributed by atoms with van der Waals surface area (Å²) in [6.45, 7) is 7.48. The molecule has 1 heteroatoms. The van der Waals surface area contributed by atoms with E-state index < -0.39 is 0 Å². The molecule has 0 aliphatic carbocycles. The Kier molecular flexibility index (Phi) is 13.5. The summed E-state index contributed by atoms with van der Waals surface area (Å²) in [5.74, 6) is 0.167. The Balaban J connectivity index is 0. The average Bonchev–Trinajstić information content (AvgIpc) is 1.66. The second-order valence-corrected chi connectivity index (χ2v) is 2.26. The van der Waals surface area contributed by atoms with E-state index in [0.29, 0.717) is 0 Å². The van der Waals surface area contributed by atoms with Gasteiger partial charge in [0, 0.05) is 0 Å². The molecule has 0 aromatic carbocycles. The summed E-state index contributed by atoms with van der Waals surface area (Å²) in [6.07, 6.45) is 4.08. The number of ketones is 1. The number of carbonyl (C=O) groups is 1. The molecule has 0 fully saturated rings. The topological polar surface area (TPSA) is 17.1 Å². The molecule has 0 amide bonds. The van der Waals surface area contributed by atoms with Gasteiger partial charge in [0.05, 0.1) is 0 Å². The molecule has 0 atom stereocenters. The summed E-state index contributed by atoms with van der Waals surface area (Å²) in [5.41, 5.74) is 0. The highest BCUT2D eigenvalue weighted by Gasteiger charge is 1.68. The number of Topliss-reactive ketones (excluding diaryl/α,β-unsaturated/α-hetero) is 1. The first-order valence-electron chi connectivity index (χ1n) is 3.62. The molecule has 56 valence electrons. The van der Waals surface area contributed by atoms with Gasteiger partial charge in [-0.05, 0) is 13.8 Å². The van der Waals surface area contributed by atoms with Crippen LogP contribution in [0, 0.1) is 0 Å². The minimum atomic E-state index is 0.167. The number of unbranched alkanes of at least 4 members (excludes halogenated alkanes) is 2. The van der Waals surface area contributed by atoms with Gasteiger partial charge in [0.25, 0.3) is 0 Å². The molecule has 9 heavy (non-hydrogen) atoms. The first-order chi connectivity index (χ1) is 4.15. The number of hydrogen-bond acceptors (Lipinski definition) is 1. The number of rotatable bonds is 2. The van der Waals surface area contributed by atoms with Gasteiger partial charge in [-0.25, -0.2) is 0 Å². The van der Waals surface area contributed by atoms with E-state index in [1.807, 2.05) is 0 Å². The standard InChI is InChI=1S/C5H12.C3H6O/c1-3-5-4-2;1-3(2)4/h3-5H2,1-2H3;1-2H3. The van der Waals surface area contributed by atoms with Gasteiger partial charge < -0.3 is 4.79 Å². The Morgan fingerprint density at radius 1 is 1.11 bits per heavy atom. The summed E-state index contributed by atoms with van der Waals surface area (Å²) in [5, 5.41) is 0. The van der Waals surface area contributed by atoms with Crippen molar-refractivity contribution in [2.45, 2.75) is 47.0 Å². The second kappa shape index (κ2) is 10.6. The fraction of sp³-hybridized carbons (Fsp3) is 0.875. The third-order valence-electron chi connectivity index (χ3n) is 0.707. The maximum atomic E-state index is 9.44. The fourth-order valence-corrected chi connectivity index (χ4v) is 0.354. The molecule has 0 heterocycles. The molecule has 0 N–H and O–H groups in total. The highest BCUT2D eigenvalue weighted by atomic mass is 16.1. The van der Waals surface area contributed by atoms with Crippen LogP contribution in [0.4, 0.5) is 0 Å². The van der Waals surface area contributed by atoms with E-state index in [-0.39, 0.29) is 5.78 Å². The molecule has 1 nitrogen and oxygen atoms in total. The summed E-state index contributed by atoms with van der Waals surface area (Å²) >= 11 is 0. The third-order valence-corrected chi connectivity index (χ3v) is 0.707. The maximum absolute atomic E-state index is 9.44. The quantitative estimate of drug-likeness (QED) is 0.561. The van der Waals surface area contributed by atoms with Crippen molar-refractivity contribution in [2.24, 2.45) is 0 Å². The molecule has 0 aliphatic heterocycles. The maximum Gasteiger partial charge on any atom is 0.126 e. The van der Waals surface area contributed by atoms with Gasteiger partial charge in [0.1, 0.15) is 5.78 Å². The van der Waals surface area contributed by atoms with Gasteiger partial charge in [-0.15, -0.1) is 0 Å². The summed E-state index contributed by atoms with van der Waals surface area (Å²) in [4.78, 5) is 9.44. The molecule has 0 rings (SSSR count). The van der Waals surface area contributed by atoms with Crippen molar-refractivity contribution in [3.8, 4) is 0 Å². The molecular formula is C8H18O. The smallest absolute Gasteiger partial charge is 0.126 e. The van der Waals surface area contributed by atoms with Crippen molar-refractivity contribution in [1.82, 2.24) is 0 Å². The van der Waals surface area contributed by atoms with E-state index in [9.17, 15) is 4.79 Å². The highest BCUT2D eigenvalue weighted by molar-refractivity contribution is 5.72. The zero-order valence-electron chi connectivity index (χ0n) is 7.03. The second-order valence-electron chi connectivity index (χ2n) is 2.26. The molecular weight excluding hydrogens is 112 g/mol. The lowest BCUT2D eigenvalue weighted by Crippen LogP contribution is -1.69. The SMILES string of the molecule is CC(C)=O.CCCCC. The van der Waals surface area contributed by atoms with E-state index >= 15 is 0 Å². The Labute approximate surface area is 58.5 Å². The average molecular weight is 130 g/mol. The van der Waals surface area contributed by atoms with E-state index in [1.54, 1.807) is 0 Å². The summed E-state index contributed by atoms with van der Waals surface area (Å²) < 4.78 is 0. The minimum absolute atomic E-state index is 0.167. The Morgan fingerprint density at radius 3 is 1.33 bits per heavy atom. The van der Waals surface area contributed by atoms with Gasteiger partial charge in [0.15, 0.2) is 0 Å². The van der Waals surface area contributed by atoms with Crippen LogP contribution in [-0.4, -0.2) is 5.78 Å². The molecule has 0 radical (unpaired) electrons.